The summed E-state index contributed by atoms with van der Waals surface area (Å²) in [6, 6.07) is 9.83. The number of hydrogen-bond donors (Lipinski definition) is 0. The van der Waals surface area contributed by atoms with E-state index in [1.165, 1.54) is 25.7 Å². The van der Waals surface area contributed by atoms with Crippen LogP contribution in [0.2, 0.25) is 0 Å². The molecule has 0 radical (unpaired) electrons. The van der Waals surface area contributed by atoms with Crippen LogP contribution in [-0.2, 0) is 0 Å². The molecule has 2 nitrogen and oxygen atoms in total. The molecule has 0 atom stereocenters. The number of carbonyl (C=O) groups is 1. The fraction of sp³-hybridized carbons (Fsp3) is 0.562. The summed E-state index contributed by atoms with van der Waals surface area (Å²) >= 11 is 0. The van der Waals surface area contributed by atoms with Gasteiger partial charge >= 0.3 is 5.91 Å². The third kappa shape index (κ3) is 2.81. The summed E-state index contributed by atoms with van der Waals surface area (Å²) in [6.45, 7) is 5.29. The number of unbranched alkanes of at least 4 members (excludes halogenated alkanes) is 1. The van der Waals surface area contributed by atoms with Gasteiger partial charge in [0.2, 0.25) is 0 Å². The van der Waals surface area contributed by atoms with Crippen LogP contribution in [0.25, 0.3) is 0 Å². The van der Waals surface area contributed by atoms with Gasteiger partial charge in [-0.05, 0) is 37.8 Å². The molecule has 2 heteroatoms. The van der Waals surface area contributed by atoms with Gasteiger partial charge in [0.25, 0.3) is 0 Å². The van der Waals surface area contributed by atoms with E-state index in [2.05, 4.69) is 6.92 Å². The zero-order chi connectivity index (χ0) is 12.8. The second-order valence-electron chi connectivity index (χ2n) is 5.40. The van der Waals surface area contributed by atoms with E-state index < -0.39 is 0 Å². The van der Waals surface area contributed by atoms with Crippen LogP contribution < -0.4 is 0 Å². The van der Waals surface area contributed by atoms with E-state index in [4.69, 9.17) is 0 Å². The minimum Gasteiger partial charge on any atom is -0.256 e. The van der Waals surface area contributed by atoms with Crippen LogP contribution in [0.3, 0.4) is 0 Å². The zero-order valence-electron chi connectivity index (χ0n) is 11.4. The molecule has 1 aliphatic heterocycles. The van der Waals surface area contributed by atoms with Gasteiger partial charge in [0.05, 0.1) is 25.2 Å². The summed E-state index contributed by atoms with van der Waals surface area (Å²) in [7, 11) is 0. The van der Waals surface area contributed by atoms with Crippen molar-refractivity contribution < 1.29 is 9.28 Å². The van der Waals surface area contributed by atoms with Gasteiger partial charge in [0, 0.05) is 0 Å². The highest BCUT2D eigenvalue weighted by atomic mass is 16.2. The van der Waals surface area contributed by atoms with Crippen molar-refractivity contribution in [2.45, 2.75) is 39.0 Å². The Bertz CT molecular complexity index is 379. The number of rotatable bonds is 4. The molecule has 0 N–H and O–H groups in total. The van der Waals surface area contributed by atoms with Gasteiger partial charge in [0.15, 0.2) is 0 Å². The van der Waals surface area contributed by atoms with Crippen molar-refractivity contribution in [1.82, 2.24) is 0 Å². The second-order valence-corrected chi connectivity index (χ2v) is 5.40. The largest absolute Gasteiger partial charge is 0.345 e. The summed E-state index contributed by atoms with van der Waals surface area (Å²) in [4.78, 5) is 12.8. The third-order valence-electron chi connectivity index (χ3n) is 4.06. The molecule has 0 saturated carbocycles. The van der Waals surface area contributed by atoms with Gasteiger partial charge in [0.1, 0.15) is 0 Å². The molecule has 2 rings (SSSR count). The summed E-state index contributed by atoms with van der Waals surface area (Å²) in [5.74, 6) is 0.337. The molecule has 0 bridgehead atoms. The molecule has 1 fully saturated rings. The lowest BCUT2D eigenvalue weighted by molar-refractivity contribution is -0.854. The number of quaternary nitrogens is 1. The Kier molecular flexibility index (Phi) is 4.54. The highest BCUT2D eigenvalue weighted by Gasteiger charge is 2.37. The lowest BCUT2D eigenvalue weighted by atomic mass is 10.0. The van der Waals surface area contributed by atoms with Crippen LogP contribution in [-0.4, -0.2) is 30.0 Å². The van der Waals surface area contributed by atoms with Crippen molar-refractivity contribution >= 4 is 5.91 Å². The van der Waals surface area contributed by atoms with E-state index in [-0.39, 0.29) is 0 Å². The van der Waals surface area contributed by atoms with E-state index in [1.54, 1.807) is 0 Å². The molecule has 1 aromatic carbocycles. The normalized spacial score (nSPS) is 18.5. The summed E-state index contributed by atoms with van der Waals surface area (Å²) in [5, 5.41) is 0. The number of amides is 1. The average molecular weight is 246 g/mol. The molecular formula is C16H24NO+. The molecule has 1 aromatic rings. The van der Waals surface area contributed by atoms with Crippen LogP contribution in [0.4, 0.5) is 0 Å². The molecule has 18 heavy (non-hydrogen) atoms. The van der Waals surface area contributed by atoms with E-state index in [9.17, 15) is 4.79 Å². The maximum absolute atomic E-state index is 12.8. The smallest absolute Gasteiger partial charge is 0.256 e. The van der Waals surface area contributed by atoms with Crippen LogP contribution in [0, 0.1) is 0 Å². The standard InChI is InChI=1S/C16H24NO/c1-2-3-12-17(13-8-5-9-14-17)16(18)15-10-6-4-7-11-15/h4,6-7,10-11H,2-3,5,8-9,12-14H2,1H3/q+1. The van der Waals surface area contributed by atoms with Gasteiger partial charge in [-0.3, -0.25) is 4.48 Å². The Morgan fingerprint density at radius 3 is 2.39 bits per heavy atom. The first kappa shape index (κ1) is 13.3. The molecule has 1 aliphatic rings. The Balaban J connectivity index is 2.20. The van der Waals surface area contributed by atoms with Crippen LogP contribution in [0.5, 0.6) is 0 Å². The molecule has 1 saturated heterocycles. The molecule has 0 unspecified atom stereocenters. The molecule has 0 aromatic heterocycles. The molecule has 1 amide bonds. The van der Waals surface area contributed by atoms with Crippen molar-refractivity contribution in [3.8, 4) is 0 Å². The number of piperidine rings is 1. The number of carbonyl (C=O) groups excluding carboxylic acids is 1. The van der Waals surface area contributed by atoms with Crippen LogP contribution in [0.15, 0.2) is 30.3 Å². The fourth-order valence-electron chi connectivity index (χ4n) is 2.96. The SMILES string of the molecule is CCCC[N+]1(C(=O)c2ccccc2)CCCCC1. The van der Waals surface area contributed by atoms with E-state index >= 15 is 0 Å². The van der Waals surface area contributed by atoms with Crippen molar-refractivity contribution in [2.24, 2.45) is 0 Å². The highest BCUT2D eigenvalue weighted by Crippen LogP contribution is 2.23. The Morgan fingerprint density at radius 2 is 1.78 bits per heavy atom. The summed E-state index contributed by atoms with van der Waals surface area (Å²) in [5.41, 5.74) is 0.885. The number of likely N-dealkylation sites (tertiary alicyclic amines) is 1. The first-order valence-electron chi connectivity index (χ1n) is 7.24. The van der Waals surface area contributed by atoms with Crippen molar-refractivity contribution in [1.29, 1.82) is 0 Å². The molecule has 0 spiro atoms. The van der Waals surface area contributed by atoms with Crippen LogP contribution in [0.1, 0.15) is 49.4 Å². The Morgan fingerprint density at radius 1 is 1.11 bits per heavy atom. The highest BCUT2D eigenvalue weighted by molar-refractivity contribution is 5.88. The second kappa shape index (κ2) is 6.14. The van der Waals surface area contributed by atoms with Crippen molar-refractivity contribution in [2.75, 3.05) is 19.6 Å². The molecule has 1 heterocycles. The first-order chi connectivity index (χ1) is 8.78. The predicted molar refractivity (Wildman–Crippen MR) is 74.4 cm³/mol. The minimum atomic E-state index is 0.337. The van der Waals surface area contributed by atoms with Crippen molar-refractivity contribution in [3.63, 3.8) is 0 Å². The number of benzene rings is 1. The number of nitrogens with zero attached hydrogens (tertiary/aromatic N) is 1. The summed E-state index contributed by atoms with van der Waals surface area (Å²) < 4.78 is 0.692. The minimum absolute atomic E-state index is 0.337. The van der Waals surface area contributed by atoms with Gasteiger partial charge in [-0.15, -0.1) is 0 Å². The average Bonchev–Trinajstić information content (AvgIpc) is 2.46. The molecule has 0 aliphatic carbocycles. The third-order valence-corrected chi connectivity index (χ3v) is 4.06. The van der Waals surface area contributed by atoms with Gasteiger partial charge < -0.3 is 0 Å². The predicted octanol–water partition coefficient (Wildman–Crippen LogP) is 3.63. The van der Waals surface area contributed by atoms with Gasteiger partial charge in [-0.1, -0.05) is 31.5 Å². The Hall–Kier alpha value is -1.15. The Labute approximate surface area is 110 Å². The molecule has 98 valence electrons. The van der Waals surface area contributed by atoms with E-state index in [0.717, 1.165) is 31.6 Å². The van der Waals surface area contributed by atoms with E-state index in [1.807, 2.05) is 30.3 Å². The number of hydrogen-bond acceptors (Lipinski definition) is 1. The lowest BCUT2D eigenvalue weighted by Crippen LogP contribution is -2.56. The fourth-order valence-corrected chi connectivity index (χ4v) is 2.96. The maximum atomic E-state index is 12.8. The topological polar surface area (TPSA) is 17.1 Å². The van der Waals surface area contributed by atoms with Gasteiger partial charge in [-0.2, -0.15) is 0 Å². The zero-order valence-corrected chi connectivity index (χ0v) is 11.4. The maximum Gasteiger partial charge on any atom is 0.345 e. The van der Waals surface area contributed by atoms with Crippen molar-refractivity contribution in [3.05, 3.63) is 35.9 Å². The summed E-state index contributed by atoms with van der Waals surface area (Å²) in [6.07, 6.45) is 6.00. The quantitative estimate of drug-likeness (QED) is 0.741. The van der Waals surface area contributed by atoms with E-state index in [0.29, 0.717) is 10.4 Å². The monoisotopic (exact) mass is 246 g/mol. The molecular weight excluding hydrogens is 222 g/mol. The first-order valence-corrected chi connectivity index (χ1v) is 7.24. The van der Waals surface area contributed by atoms with Gasteiger partial charge in [-0.25, -0.2) is 4.79 Å². The van der Waals surface area contributed by atoms with Crippen LogP contribution >= 0.6 is 0 Å². The lowest BCUT2D eigenvalue weighted by Gasteiger charge is -2.39.